The van der Waals surface area contributed by atoms with Crippen molar-refractivity contribution in [1.29, 1.82) is 0 Å². The first-order valence-electron chi connectivity index (χ1n) is 5.41. The Balaban J connectivity index is 2.25. The average Bonchev–Trinajstić information content (AvgIpc) is 2.86. The summed E-state index contributed by atoms with van der Waals surface area (Å²) in [6.07, 6.45) is -3.98. The second kappa shape index (κ2) is 5.28. The van der Waals surface area contributed by atoms with Crippen LogP contribution < -0.4 is 5.73 Å². The molecule has 0 amide bonds. The molecule has 7 heteroatoms. The van der Waals surface area contributed by atoms with Crippen LogP contribution >= 0.6 is 11.3 Å². The van der Waals surface area contributed by atoms with Gasteiger partial charge in [-0.25, -0.2) is 10.1 Å². The largest absolute Gasteiger partial charge is 0.416 e. The molecule has 0 aliphatic rings. The third kappa shape index (κ3) is 3.12. The molecule has 101 valence electrons. The summed E-state index contributed by atoms with van der Waals surface area (Å²) in [5, 5.41) is 11.9. The van der Waals surface area contributed by atoms with E-state index in [0.717, 1.165) is 23.5 Å². The van der Waals surface area contributed by atoms with Gasteiger partial charge in [0.2, 0.25) is 0 Å². The highest BCUT2D eigenvalue weighted by atomic mass is 32.1. The molecule has 2 aromatic rings. The SMILES string of the molecule is NCC([O])c1cnc(-c2ccc(C(F)(F)F)cc2)s1. The predicted molar refractivity (Wildman–Crippen MR) is 65.0 cm³/mol. The monoisotopic (exact) mass is 287 g/mol. The molecule has 0 fully saturated rings. The van der Waals surface area contributed by atoms with Gasteiger partial charge in [0.05, 0.1) is 10.4 Å². The van der Waals surface area contributed by atoms with E-state index in [1.807, 2.05) is 0 Å². The molecule has 1 radical (unpaired) electrons. The second-order valence-electron chi connectivity index (χ2n) is 3.87. The van der Waals surface area contributed by atoms with Crippen molar-refractivity contribution in [1.82, 2.24) is 4.98 Å². The lowest BCUT2D eigenvalue weighted by atomic mass is 10.1. The van der Waals surface area contributed by atoms with Gasteiger partial charge in [-0.1, -0.05) is 12.1 Å². The van der Waals surface area contributed by atoms with E-state index in [1.54, 1.807) is 0 Å². The fraction of sp³-hybridized carbons (Fsp3) is 0.250. The van der Waals surface area contributed by atoms with E-state index in [1.165, 1.54) is 18.3 Å². The molecule has 0 spiro atoms. The molecular weight excluding hydrogens is 277 g/mol. The van der Waals surface area contributed by atoms with Crippen LogP contribution in [0, 0.1) is 0 Å². The van der Waals surface area contributed by atoms with Crippen molar-refractivity contribution in [3.63, 3.8) is 0 Å². The molecule has 2 N–H and O–H groups in total. The number of thiazole rings is 1. The normalized spacial score (nSPS) is 13.5. The van der Waals surface area contributed by atoms with Crippen LogP contribution in [-0.4, -0.2) is 11.5 Å². The maximum atomic E-state index is 12.4. The summed E-state index contributed by atoms with van der Waals surface area (Å²) < 4.78 is 37.2. The van der Waals surface area contributed by atoms with Crippen molar-refractivity contribution in [3.05, 3.63) is 40.9 Å². The van der Waals surface area contributed by atoms with E-state index < -0.39 is 17.8 Å². The highest BCUT2D eigenvalue weighted by Crippen LogP contribution is 2.33. The Morgan fingerprint density at radius 1 is 1.26 bits per heavy atom. The summed E-state index contributed by atoms with van der Waals surface area (Å²) in [7, 11) is 0. The van der Waals surface area contributed by atoms with Crippen molar-refractivity contribution in [2.45, 2.75) is 12.3 Å². The zero-order chi connectivity index (χ0) is 14.0. The third-order valence-electron chi connectivity index (χ3n) is 2.51. The van der Waals surface area contributed by atoms with E-state index in [9.17, 15) is 18.3 Å². The first-order chi connectivity index (χ1) is 8.91. The van der Waals surface area contributed by atoms with Gasteiger partial charge in [0.15, 0.2) is 0 Å². The number of nitrogens with zero attached hydrogens (tertiary/aromatic N) is 1. The minimum Gasteiger partial charge on any atom is -0.328 e. The number of nitrogens with two attached hydrogens (primary N) is 1. The lowest BCUT2D eigenvalue weighted by molar-refractivity contribution is -0.137. The number of halogens is 3. The summed E-state index contributed by atoms with van der Waals surface area (Å²) in [4.78, 5) is 4.51. The summed E-state index contributed by atoms with van der Waals surface area (Å²) in [5.74, 6) is 0. The van der Waals surface area contributed by atoms with Crippen LogP contribution in [0.5, 0.6) is 0 Å². The summed E-state index contributed by atoms with van der Waals surface area (Å²) >= 11 is 1.15. The first-order valence-corrected chi connectivity index (χ1v) is 6.22. The topological polar surface area (TPSA) is 58.8 Å². The van der Waals surface area contributed by atoms with Crippen LogP contribution in [0.1, 0.15) is 16.5 Å². The van der Waals surface area contributed by atoms with Crippen molar-refractivity contribution >= 4 is 11.3 Å². The van der Waals surface area contributed by atoms with Crippen molar-refractivity contribution in [2.75, 3.05) is 6.54 Å². The first kappa shape index (κ1) is 14.0. The Labute approximate surface area is 111 Å². The lowest BCUT2D eigenvalue weighted by Crippen LogP contribution is -2.08. The molecule has 1 heterocycles. The van der Waals surface area contributed by atoms with Gasteiger partial charge < -0.3 is 5.73 Å². The highest BCUT2D eigenvalue weighted by Gasteiger charge is 2.30. The predicted octanol–water partition coefficient (Wildman–Crippen LogP) is 3.26. The van der Waals surface area contributed by atoms with E-state index in [0.29, 0.717) is 15.4 Å². The van der Waals surface area contributed by atoms with Crippen LogP contribution in [0.2, 0.25) is 0 Å². The van der Waals surface area contributed by atoms with Gasteiger partial charge in [-0.15, -0.1) is 11.3 Å². The van der Waals surface area contributed by atoms with Gasteiger partial charge in [-0.3, -0.25) is 0 Å². The van der Waals surface area contributed by atoms with E-state index in [2.05, 4.69) is 4.98 Å². The Bertz CT molecular complexity index is 551. The van der Waals surface area contributed by atoms with Crippen LogP contribution in [0.15, 0.2) is 30.5 Å². The number of hydrogen-bond acceptors (Lipinski definition) is 3. The van der Waals surface area contributed by atoms with Gasteiger partial charge in [-0.05, 0) is 12.1 Å². The molecule has 2 rings (SSSR count). The van der Waals surface area contributed by atoms with Crippen LogP contribution in [0.4, 0.5) is 13.2 Å². The smallest absolute Gasteiger partial charge is 0.328 e. The number of rotatable bonds is 3. The number of alkyl halides is 3. The molecule has 1 aromatic carbocycles. The summed E-state index contributed by atoms with van der Waals surface area (Å²) in [5.41, 5.74) is 5.10. The molecule has 1 aromatic heterocycles. The average molecular weight is 287 g/mol. The lowest BCUT2D eigenvalue weighted by Gasteiger charge is -2.06. The van der Waals surface area contributed by atoms with Crippen LogP contribution in [-0.2, 0) is 11.3 Å². The van der Waals surface area contributed by atoms with E-state index in [4.69, 9.17) is 5.73 Å². The van der Waals surface area contributed by atoms with Gasteiger partial charge >= 0.3 is 6.18 Å². The zero-order valence-electron chi connectivity index (χ0n) is 9.65. The second-order valence-corrected chi connectivity index (χ2v) is 4.93. The Kier molecular flexibility index (Phi) is 3.88. The highest BCUT2D eigenvalue weighted by molar-refractivity contribution is 7.15. The van der Waals surface area contributed by atoms with Gasteiger partial charge in [0.1, 0.15) is 11.1 Å². The standard InChI is InChI=1S/C12H10F3N2OS/c13-12(14,15)8-3-1-7(2-4-8)11-17-6-10(19-11)9(18)5-16/h1-4,6,9H,5,16H2. The quantitative estimate of drug-likeness (QED) is 0.942. The molecule has 0 saturated heterocycles. The zero-order valence-corrected chi connectivity index (χ0v) is 10.5. The maximum absolute atomic E-state index is 12.4. The third-order valence-corrected chi connectivity index (χ3v) is 3.65. The molecular formula is C12H10F3N2OS. The maximum Gasteiger partial charge on any atom is 0.416 e. The van der Waals surface area contributed by atoms with Crippen molar-refractivity contribution in [2.24, 2.45) is 5.73 Å². The van der Waals surface area contributed by atoms with E-state index >= 15 is 0 Å². The van der Waals surface area contributed by atoms with Crippen LogP contribution in [0.25, 0.3) is 10.6 Å². The fourth-order valence-corrected chi connectivity index (χ4v) is 2.40. The number of aromatic nitrogens is 1. The molecule has 0 saturated carbocycles. The van der Waals surface area contributed by atoms with E-state index in [-0.39, 0.29) is 6.54 Å². The molecule has 0 aliphatic carbocycles. The molecule has 0 aliphatic heterocycles. The molecule has 19 heavy (non-hydrogen) atoms. The van der Waals surface area contributed by atoms with Crippen molar-refractivity contribution in [3.8, 4) is 10.6 Å². The number of benzene rings is 1. The van der Waals surface area contributed by atoms with Gasteiger partial charge in [0, 0.05) is 18.3 Å². The Hall–Kier alpha value is -1.44. The van der Waals surface area contributed by atoms with Gasteiger partial charge in [-0.2, -0.15) is 13.2 Å². The fourth-order valence-electron chi connectivity index (χ4n) is 1.49. The summed E-state index contributed by atoms with van der Waals surface area (Å²) in [6, 6.07) is 4.67. The Morgan fingerprint density at radius 3 is 2.42 bits per heavy atom. The molecule has 1 unspecified atom stereocenters. The molecule has 0 bridgehead atoms. The summed E-state index contributed by atoms with van der Waals surface area (Å²) in [6.45, 7) is -0.0331. The minimum atomic E-state index is -4.35. The van der Waals surface area contributed by atoms with Crippen molar-refractivity contribution < 1.29 is 18.3 Å². The van der Waals surface area contributed by atoms with Gasteiger partial charge in [0.25, 0.3) is 0 Å². The van der Waals surface area contributed by atoms with Crippen LogP contribution in [0.3, 0.4) is 0 Å². The molecule has 1 atom stereocenters. The molecule has 3 nitrogen and oxygen atoms in total. The minimum absolute atomic E-state index is 0.0331. The number of hydrogen-bond donors (Lipinski definition) is 1. The Morgan fingerprint density at radius 2 is 1.89 bits per heavy atom.